The number of nitrogens with zero attached hydrogens (tertiary/aromatic N) is 2. The molecule has 1 amide bonds. The van der Waals surface area contributed by atoms with Gasteiger partial charge in [-0.3, -0.25) is 15.1 Å². The molecule has 5 nitrogen and oxygen atoms in total. The van der Waals surface area contributed by atoms with E-state index in [1.165, 1.54) is 6.07 Å². The zero-order chi connectivity index (χ0) is 21.1. The van der Waals surface area contributed by atoms with Crippen LogP contribution in [0.1, 0.15) is 5.56 Å². The maximum absolute atomic E-state index is 14.7. The smallest absolute Gasteiger partial charge is 0.239 e. The van der Waals surface area contributed by atoms with Gasteiger partial charge in [-0.25, -0.2) is 4.39 Å². The van der Waals surface area contributed by atoms with Gasteiger partial charge < -0.3 is 4.52 Å². The molecule has 4 aromatic rings. The topological polar surface area (TPSA) is 68.0 Å². The molecule has 2 aromatic heterocycles. The number of aromatic nitrogens is 2. The number of hydrogen-bond acceptors (Lipinski definition) is 4. The lowest BCUT2D eigenvalue weighted by atomic mass is 10.0. The SMILES string of the molecule is O=C(Cc1ccccc1Cl)Nc1onc(-c2cccc(Cl)c2F)c1-c1ccncc1. The van der Waals surface area contributed by atoms with Gasteiger partial charge in [-0.05, 0) is 41.5 Å². The fourth-order valence-electron chi connectivity index (χ4n) is 3.02. The van der Waals surface area contributed by atoms with Gasteiger partial charge >= 0.3 is 0 Å². The largest absolute Gasteiger partial charge is 0.337 e. The summed E-state index contributed by atoms with van der Waals surface area (Å²) < 4.78 is 20.1. The van der Waals surface area contributed by atoms with Crippen molar-refractivity contribution in [2.75, 3.05) is 5.32 Å². The molecule has 2 heterocycles. The number of halogens is 3. The van der Waals surface area contributed by atoms with E-state index in [1.807, 2.05) is 0 Å². The molecule has 0 fully saturated rings. The van der Waals surface area contributed by atoms with E-state index in [2.05, 4.69) is 15.5 Å². The predicted octanol–water partition coefficient (Wildman–Crippen LogP) is 6.03. The molecule has 0 saturated carbocycles. The summed E-state index contributed by atoms with van der Waals surface area (Å²) in [4.78, 5) is 16.6. The summed E-state index contributed by atoms with van der Waals surface area (Å²) in [6, 6.07) is 15.1. The number of benzene rings is 2. The third-order valence-electron chi connectivity index (χ3n) is 4.43. The Balaban J connectivity index is 1.74. The van der Waals surface area contributed by atoms with Crippen LogP contribution in [0.3, 0.4) is 0 Å². The van der Waals surface area contributed by atoms with E-state index in [0.717, 1.165) is 0 Å². The average molecular weight is 442 g/mol. The number of rotatable bonds is 5. The first-order valence-corrected chi connectivity index (χ1v) is 9.68. The number of carbonyl (C=O) groups is 1. The van der Waals surface area contributed by atoms with Gasteiger partial charge in [0.15, 0.2) is 5.82 Å². The molecule has 4 rings (SSSR count). The number of anilines is 1. The van der Waals surface area contributed by atoms with Crippen molar-refractivity contribution in [3.8, 4) is 22.4 Å². The van der Waals surface area contributed by atoms with Gasteiger partial charge in [-0.2, -0.15) is 0 Å². The van der Waals surface area contributed by atoms with Crippen LogP contribution < -0.4 is 5.32 Å². The minimum Gasteiger partial charge on any atom is -0.337 e. The normalized spacial score (nSPS) is 10.8. The molecule has 0 saturated heterocycles. The molecule has 150 valence electrons. The standard InChI is InChI=1S/C22H14Cl2FN3O2/c23-16-6-2-1-4-14(16)12-18(29)27-22-19(13-8-10-26-11-9-13)21(28-30-22)15-5-3-7-17(24)20(15)25/h1-11H,12H2,(H,27,29). The van der Waals surface area contributed by atoms with E-state index >= 15 is 0 Å². The van der Waals surface area contributed by atoms with Crippen molar-refractivity contribution < 1.29 is 13.7 Å². The van der Waals surface area contributed by atoms with Gasteiger partial charge in [0.05, 0.1) is 17.0 Å². The Kier molecular flexibility index (Phi) is 5.79. The lowest BCUT2D eigenvalue weighted by molar-refractivity contribution is -0.115. The fourth-order valence-corrected chi connectivity index (χ4v) is 3.40. The van der Waals surface area contributed by atoms with E-state index in [-0.39, 0.29) is 34.5 Å². The molecule has 0 spiro atoms. The Morgan fingerprint density at radius 1 is 1.00 bits per heavy atom. The Labute approximate surface area is 181 Å². The molecule has 0 aliphatic carbocycles. The number of nitrogens with one attached hydrogen (secondary N) is 1. The van der Waals surface area contributed by atoms with Crippen molar-refractivity contribution in [1.29, 1.82) is 0 Å². The van der Waals surface area contributed by atoms with Gasteiger partial charge in [0.25, 0.3) is 0 Å². The Morgan fingerprint density at radius 3 is 2.50 bits per heavy atom. The number of carbonyl (C=O) groups excluding carboxylic acids is 1. The van der Waals surface area contributed by atoms with Crippen molar-refractivity contribution in [2.24, 2.45) is 0 Å². The molecule has 0 aliphatic heterocycles. The molecule has 2 aromatic carbocycles. The van der Waals surface area contributed by atoms with Gasteiger partial charge in [0, 0.05) is 23.0 Å². The summed E-state index contributed by atoms with van der Waals surface area (Å²) >= 11 is 12.1. The van der Waals surface area contributed by atoms with E-state index < -0.39 is 5.82 Å². The van der Waals surface area contributed by atoms with Gasteiger partial charge in [-0.1, -0.05) is 52.6 Å². The van der Waals surface area contributed by atoms with Crippen molar-refractivity contribution in [1.82, 2.24) is 10.1 Å². The van der Waals surface area contributed by atoms with Crippen molar-refractivity contribution >= 4 is 35.0 Å². The van der Waals surface area contributed by atoms with E-state index in [4.69, 9.17) is 27.7 Å². The first kappa shape index (κ1) is 20.1. The fraction of sp³-hybridized carbons (Fsp3) is 0.0455. The maximum atomic E-state index is 14.7. The van der Waals surface area contributed by atoms with Gasteiger partial charge in [-0.15, -0.1) is 0 Å². The van der Waals surface area contributed by atoms with Crippen LogP contribution >= 0.6 is 23.2 Å². The summed E-state index contributed by atoms with van der Waals surface area (Å²) in [7, 11) is 0. The van der Waals surface area contributed by atoms with Crippen molar-refractivity contribution in [3.05, 3.63) is 88.4 Å². The molecule has 8 heteroatoms. The summed E-state index contributed by atoms with van der Waals surface area (Å²) in [5.41, 5.74) is 2.11. The Hall–Kier alpha value is -3.22. The first-order valence-electron chi connectivity index (χ1n) is 8.92. The van der Waals surface area contributed by atoms with E-state index in [0.29, 0.717) is 21.7 Å². The molecular weight excluding hydrogens is 428 g/mol. The van der Waals surface area contributed by atoms with Crippen LogP contribution in [0.25, 0.3) is 22.4 Å². The second-order valence-corrected chi connectivity index (χ2v) is 7.20. The quantitative estimate of drug-likeness (QED) is 0.410. The van der Waals surface area contributed by atoms with Crippen LogP contribution in [0.15, 0.2) is 71.5 Å². The molecule has 0 radical (unpaired) electrons. The number of hydrogen-bond donors (Lipinski definition) is 1. The molecule has 0 atom stereocenters. The summed E-state index contributed by atoms with van der Waals surface area (Å²) in [6.07, 6.45) is 3.20. The molecule has 0 bridgehead atoms. The third kappa shape index (κ3) is 4.06. The average Bonchev–Trinajstić information content (AvgIpc) is 3.15. The second kappa shape index (κ2) is 8.65. The highest BCUT2D eigenvalue weighted by Crippen LogP contribution is 2.39. The van der Waals surface area contributed by atoms with Crippen LogP contribution in [0, 0.1) is 5.82 Å². The summed E-state index contributed by atoms with van der Waals surface area (Å²) in [5.74, 6) is -0.892. The Bertz CT molecular complexity index is 1210. The van der Waals surface area contributed by atoms with Crippen LogP contribution in [0.2, 0.25) is 10.0 Å². The van der Waals surface area contributed by atoms with Gasteiger partial charge in [0.2, 0.25) is 11.8 Å². The zero-order valence-corrected chi connectivity index (χ0v) is 16.9. The molecule has 0 aliphatic rings. The van der Waals surface area contributed by atoms with Crippen molar-refractivity contribution in [2.45, 2.75) is 6.42 Å². The van der Waals surface area contributed by atoms with Crippen LogP contribution in [0.5, 0.6) is 0 Å². The molecule has 0 unspecified atom stereocenters. The minimum atomic E-state index is -0.628. The monoisotopic (exact) mass is 441 g/mol. The third-order valence-corrected chi connectivity index (χ3v) is 5.09. The van der Waals surface area contributed by atoms with Crippen molar-refractivity contribution in [3.63, 3.8) is 0 Å². The molecular formula is C22H14Cl2FN3O2. The molecule has 1 N–H and O–H groups in total. The highest BCUT2D eigenvalue weighted by Gasteiger charge is 2.24. The Morgan fingerprint density at radius 2 is 1.73 bits per heavy atom. The second-order valence-electron chi connectivity index (χ2n) is 6.39. The first-order chi connectivity index (χ1) is 14.5. The number of pyridine rings is 1. The summed E-state index contributed by atoms with van der Waals surface area (Å²) in [5, 5.41) is 7.16. The van der Waals surface area contributed by atoms with Crippen LogP contribution in [0.4, 0.5) is 10.3 Å². The lowest BCUT2D eigenvalue weighted by Gasteiger charge is -2.08. The highest BCUT2D eigenvalue weighted by molar-refractivity contribution is 6.31. The van der Waals surface area contributed by atoms with Crippen LogP contribution in [-0.2, 0) is 11.2 Å². The number of amides is 1. The van der Waals surface area contributed by atoms with Gasteiger partial charge in [0.1, 0.15) is 5.69 Å². The zero-order valence-electron chi connectivity index (χ0n) is 15.4. The lowest BCUT2D eigenvalue weighted by Crippen LogP contribution is -2.14. The summed E-state index contributed by atoms with van der Waals surface area (Å²) in [6.45, 7) is 0. The predicted molar refractivity (Wildman–Crippen MR) is 114 cm³/mol. The minimum absolute atomic E-state index is 0.0387. The van der Waals surface area contributed by atoms with E-state index in [9.17, 15) is 9.18 Å². The van der Waals surface area contributed by atoms with Crippen LogP contribution in [-0.4, -0.2) is 16.0 Å². The maximum Gasteiger partial charge on any atom is 0.239 e. The van der Waals surface area contributed by atoms with E-state index in [1.54, 1.807) is 60.9 Å². The molecule has 30 heavy (non-hydrogen) atoms. The highest BCUT2D eigenvalue weighted by atomic mass is 35.5.